The van der Waals surface area contributed by atoms with Crippen LogP contribution in [0.1, 0.15) is 20.3 Å². The monoisotopic (exact) mass is 183 g/mol. The van der Waals surface area contributed by atoms with E-state index in [0.717, 1.165) is 0 Å². The standard InChI is InChI=1S/C9H13NO3/c1-6-7(2)9(13)10(8(6)12)4-3-5-11/h5-7H,3-4H2,1-2H3. The number of carbonyl (C=O) groups excluding carboxylic acids is 3. The van der Waals surface area contributed by atoms with Crippen LogP contribution in [0.5, 0.6) is 0 Å². The number of rotatable bonds is 3. The van der Waals surface area contributed by atoms with Gasteiger partial charge in [-0.15, -0.1) is 0 Å². The summed E-state index contributed by atoms with van der Waals surface area (Å²) in [6.45, 7) is 3.72. The highest BCUT2D eigenvalue weighted by Gasteiger charge is 2.41. The van der Waals surface area contributed by atoms with Crippen LogP contribution in [0.3, 0.4) is 0 Å². The Balaban J connectivity index is 2.69. The molecule has 72 valence electrons. The maximum atomic E-state index is 11.4. The van der Waals surface area contributed by atoms with Crippen molar-refractivity contribution in [1.82, 2.24) is 4.90 Å². The normalized spacial score (nSPS) is 28.3. The van der Waals surface area contributed by atoms with Crippen molar-refractivity contribution < 1.29 is 14.4 Å². The Labute approximate surface area is 76.9 Å². The molecule has 0 radical (unpaired) electrons. The van der Waals surface area contributed by atoms with Gasteiger partial charge in [-0.05, 0) is 0 Å². The van der Waals surface area contributed by atoms with Crippen molar-refractivity contribution in [1.29, 1.82) is 0 Å². The van der Waals surface area contributed by atoms with Gasteiger partial charge in [0.05, 0.1) is 0 Å². The fraction of sp³-hybridized carbons (Fsp3) is 0.667. The molecule has 2 amide bonds. The molecule has 4 nitrogen and oxygen atoms in total. The van der Waals surface area contributed by atoms with E-state index in [1.54, 1.807) is 13.8 Å². The van der Waals surface area contributed by atoms with Crippen LogP contribution in [0.4, 0.5) is 0 Å². The van der Waals surface area contributed by atoms with Crippen LogP contribution in [0.15, 0.2) is 0 Å². The molecule has 1 heterocycles. The molecule has 1 aliphatic rings. The lowest BCUT2D eigenvalue weighted by Crippen LogP contribution is -2.31. The molecule has 0 N–H and O–H groups in total. The summed E-state index contributed by atoms with van der Waals surface area (Å²) < 4.78 is 0. The number of likely N-dealkylation sites (tertiary alicyclic amines) is 1. The zero-order chi connectivity index (χ0) is 10.0. The van der Waals surface area contributed by atoms with Crippen molar-refractivity contribution in [2.45, 2.75) is 20.3 Å². The highest BCUT2D eigenvalue weighted by molar-refractivity contribution is 6.04. The van der Waals surface area contributed by atoms with E-state index in [2.05, 4.69) is 0 Å². The number of nitrogens with zero attached hydrogens (tertiary/aromatic N) is 1. The van der Waals surface area contributed by atoms with E-state index < -0.39 is 0 Å². The Morgan fingerprint density at radius 1 is 1.23 bits per heavy atom. The third-order valence-corrected chi connectivity index (χ3v) is 2.53. The van der Waals surface area contributed by atoms with E-state index in [1.165, 1.54) is 4.90 Å². The third-order valence-electron chi connectivity index (χ3n) is 2.53. The first-order valence-electron chi connectivity index (χ1n) is 4.38. The van der Waals surface area contributed by atoms with Crippen molar-refractivity contribution in [3.05, 3.63) is 0 Å². The van der Waals surface area contributed by atoms with Gasteiger partial charge in [-0.3, -0.25) is 14.5 Å². The minimum Gasteiger partial charge on any atom is -0.303 e. The van der Waals surface area contributed by atoms with Crippen molar-refractivity contribution in [2.24, 2.45) is 11.8 Å². The molecule has 4 heteroatoms. The molecular weight excluding hydrogens is 170 g/mol. The zero-order valence-corrected chi connectivity index (χ0v) is 7.82. The molecular formula is C9H13NO3. The van der Waals surface area contributed by atoms with Crippen molar-refractivity contribution >= 4 is 18.1 Å². The van der Waals surface area contributed by atoms with Gasteiger partial charge in [-0.25, -0.2) is 0 Å². The average Bonchev–Trinajstić information content (AvgIpc) is 2.30. The summed E-state index contributed by atoms with van der Waals surface area (Å²) in [7, 11) is 0. The fourth-order valence-electron chi connectivity index (χ4n) is 1.43. The Morgan fingerprint density at radius 2 is 1.69 bits per heavy atom. The first-order valence-corrected chi connectivity index (χ1v) is 4.38. The summed E-state index contributed by atoms with van der Waals surface area (Å²) in [4.78, 5) is 34.1. The van der Waals surface area contributed by atoms with E-state index in [0.29, 0.717) is 6.29 Å². The van der Waals surface area contributed by atoms with Gasteiger partial charge in [-0.2, -0.15) is 0 Å². The molecule has 1 saturated heterocycles. The molecule has 0 aromatic rings. The summed E-state index contributed by atoms with van der Waals surface area (Å²) in [5.74, 6) is -0.781. The van der Waals surface area contributed by atoms with Gasteiger partial charge in [0.15, 0.2) is 0 Å². The lowest BCUT2D eigenvalue weighted by Gasteiger charge is -2.11. The number of carbonyl (C=O) groups is 3. The van der Waals surface area contributed by atoms with Gasteiger partial charge < -0.3 is 4.79 Å². The van der Waals surface area contributed by atoms with E-state index in [1.807, 2.05) is 0 Å². The lowest BCUT2D eigenvalue weighted by molar-refractivity contribution is -0.139. The van der Waals surface area contributed by atoms with Crippen molar-refractivity contribution in [3.8, 4) is 0 Å². The molecule has 2 unspecified atom stereocenters. The quantitative estimate of drug-likeness (QED) is 0.464. The summed E-state index contributed by atoms with van der Waals surface area (Å²) in [6, 6.07) is 0. The molecule has 0 spiro atoms. The second-order valence-corrected chi connectivity index (χ2v) is 3.36. The van der Waals surface area contributed by atoms with Gasteiger partial charge in [-0.1, -0.05) is 13.8 Å². The molecule has 2 atom stereocenters. The van der Waals surface area contributed by atoms with Gasteiger partial charge in [0.1, 0.15) is 6.29 Å². The van der Waals surface area contributed by atoms with E-state index >= 15 is 0 Å². The van der Waals surface area contributed by atoms with Crippen LogP contribution in [-0.2, 0) is 14.4 Å². The highest BCUT2D eigenvalue weighted by Crippen LogP contribution is 2.24. The minimum atomic E-state index is -0.237. The fourth-order valence-corrected chi connectivity index (χ4v) is 1.43. The van der Waals surface area contributed by atoms with Crippen LogP contribution in [-0.4, -0.2) is 29.5 Å². The van der Waals surface area contributed by atoms with Crippen LogP contribution in [0.2, 0.25) is 0 Å². The van der Waals surface area contributed by atoms with Gasteiger partial charge in [0, 0.05) is 24.8 Å². The maximum absolute atomic E-state index is 11.4. The van der Waals surface area contributed by atoms with E-state index in [-0.39, 0.29) is 36.6 Å². The van der Waals surface area contributed by atoms with Crippen LogP contribution in [0, 0.1) is 11.8 Å². The SMILES string of the molecule is CC1C(=O)N(CCC=O)C(=O)C1C. The molecule has 0 aliphatic carbocycles. The summed E-state index contributed by atoms with van der Waals surface area (Å²) >= 11 is 0. The Kier molecular flexibility index (Phi) is 2.80. The summed E-state index contributed by atoms with van der Waals surface area (Å²) in [6.07, 6.45) is 0.950. The smallest absolute Gasteiger partial charge is 0.232 e. The van der Waals surface area contributed by atoms with Gasteiger partial charge in [0.25, 0.3) is 0 Å². The Morgan fingerprint density at radius 3 is 2.08 bits per heavy atom. The Hall–Kier alpha value is -1.19. The molecule has 13 heavy (non-hydrogen) atoms. The Bertz CT molecular complexity index is 229. The number of amides is 2. The molecule has 0 aromatic heterocycles. The van der Waals surface area contributed by atoms with Gasteiger partial charge >= 0.3 is 0 Å². The first-order chi connectivity index (χ1) is 6.09. The number of imide groups is 1. The van der Waals surface area contributed by atoms with Crippen LogP contribution >= 0.6 is 0 Å². The van der Waals surface area contributed by atoms with Gasteiger partial charge in [0.2, 0.25) is 11.8 Å². The largest absolute Gasteiger partial charge is 0.303 e. The predicted molar refractivity (Wildman–Crippen MR) is 45.7 cm³/mol. The summed E-state index contributed by atoms with van der Waals surface area (Å²) in [5, 5.41) is 0. The third kappa shape index (κ3) is 1.61. The second kappa shape index (κ2) is 3.68. The maximum Gasteiger partial charge on any atom is 0.232 e. The molecule has 1 aliphatic heterocycles. The number of aldehydes is 1. The molecule has 0 saturated carbocycles. The van der Waals surface area contributed by atoms with E-state index in [4.69, 9.17) is 0 Å². The first kappa shape index (κ1) is 9.89. The van der Waals surface area contributed by atoms with E-state index in [9.17, 15) is 14.4 Å². The number of hydrogen-bond acceptors (Lipinski definition) is 3. The molecule has 1 fully saturated rings. The predicted octanol–water partition coefficient (Wildman–Crippen LogP) is 0.216. The lowest BCUT2D eigenvalue weighted by atomic mass is 10.00. The zero-order valence-electron chi connectivity index (χ0n) is 7.82. The topological polar surface area (TPSA) is 54.5 Å². The van der Waals surface area contributed by atoms with Crippen molar-refractivity contribution in [2.75, 3.05) is 6.54 Å². The average molecular weight is 183 g/mol. The minimum absolute atomic E-state index is 0.153. The van der Waals surface area contributed by atoms with Crippen LogP contribution in [0.25, 0.3) is 0 Å². The second-order valence-electron chi connectivity index (χ2n) is 3.36. The van der Waals surface area contributed by atoms with Crippen molar-refractivity contribution in [3.63, 3.8) is 0 Å². The number of hydrogen-bond donors (Lipinski definition) is 0. The van der Waals surface area contributed by atoms with Crippen LogP contribution < -0.4 is 0 Å². The highest BCUT2D eigenvalue weighted by atomic mass is 16.2. The molecule has 1 rings (SSSR count). The summed E-state index contributed by atoms with van der Waals surface area (Å²) in [5.41, 5.74) is 0. The molecule has 0 aromatic carbocycles. The molecule has 0 bridgehead atoms.